The van der Waals surface area contributed by atoms with Gasteiger partial charge < -0.3 is 10.2 Å². The molecule has 0 aliphatic carbocycles. The number of hydrogen-bond donors (Lipinski definition) is 1. The van der Waals surface area contributed by atoms with Crippen LogP contribution in [0.5, 0.6) is 0 Å². The second kappa shape index (κ2) is 6.79. The highest BCUT2D eigenvalue weighted by atomic mass is 15.1. The summed E-state index contributed by atoms with van der Waals surface area (Å²) < 4.78 is 0. The Kier molecular flexibility index (Phi) is 5.67. The zero-order valence-electron chi connectivity index (χ0n) is 12.6. The van der Waals surface area contributed by atoms with Crippen molar-refractivity contribution < 1.29 is 0 Å². The fourth-order valence-corrected chi connectivity index (χ4v) is 2.18. The Labute approximate surface area is 112 Å². The van der Waals surface area contributed by atoms with Gasteiger partial charge in [-0.25, -0.2) is 0 Å². The van der Waals surface area contributed by atoms with Gasteiger partial charge in [0.2, 0.25) is 0 Å². The molecule has 2 nitrogen and oxygen atoms in total. The number of nitrogens with one attached hydrogen (secondary N) is 1. The van der Waals surface area contributed by atoms with E-state index in [2.05, 4.69) is 69.2 Å². The van der Waals surface area contributed by atoms with Crippen LogP contribution in [0.3, 0.4) is 0 Å². The zero-order chi connectivity index (χ0) is 13.6. The number of anilines is 1. The summed E-state index contributed by atoms with van der Waals surface area (Å²) in [4.78, 5) is 2.36. The van der Waals surface area contributed by atoms with E-state index in [0.717, 1.165) is 19.6 Å². The Bertz CT molecular complexity index is 345. The van der Waals surface area contributed by atoms with Crippen molar-refractivity contribution in [3.05, 3.63) is 29.8 Å². The molecule has 1 atom stereocenters. The van der Waals surface area contributed by atoms with E-state index in [9.17, 15) is 0 Å². The average molecular weight is 248 g/mol. The van der Waals surface area contributed by atoms with E-state index in [-0.39, 0.29) is 0 Å². The van der Waals surface area contributed by atoms with E-state index in [0.29, 0.717) is 5.41 Å². The largest absolute Gasteiger partial charge is 0.374 e. The second-order valence-electron chi connectivity index (χ2n) is 5.64. The van der Waals surface area contributed by atoms with Crippen molar-refractivity contribution in [2.75, 3.05) is 31.6 Å². The van der Waals surface area contributed by atoms with Gasteiger partial charge in [0, 0.05) is 25.8 Å². The van der Waals surface area contributed by atoms with Crippen LogP contribution in [0.4, 0.5) is 5.69 Å². The number of hydrogen-bond acceptors (Lipinski definition) is 2. The van der Waals surface area contributed by atoms with Gasteiger partial charge in [-0.2, -0.15) is 0 Å². The second-order valence-corrected chi connectivity index (χ2v) is 5.64. The van der Waals surface area contributed by atoms with Crippen LogP contribution in [0.15, 0.2) is 24.3 Å². The van der Waals surface area contributed by atoms with Crippen molar-refractivity contribution in [1.82, 2.24) is 5.32 Å². The Morgan fingerprint density at radius 3 is 2.28 bits per heavy atom. The molecule has 0 aromatic heterocycles. The highest BCUT2D eigenvalue weighted by Crippen LogP contribution is 2.24. The van der Waals surface area contributed by atoms with Gasteiger partial charge >= 0.3 is 0 Å². The minimum absolute atomic E-state index is 0.329. The molecule has 1 N–H and O–H groups in total. The number of rotatable bonds is 7. The van der Waals surface area contributed by atoms with Crippen molar-refractivity contribution in [2.45, 2.75) is 34.1 Å². The van der Waals surface area contributed by atoms with E-state index in [4.69, 9.17) is 0 Å². The summed E-state index contributed by atoms with van der Waals surface area (Å²) in [5.74, 6) is 0. The number of aryl methyl sites for hydroxylation is 1. The van der Waals surface area contributed by atoms with Crippen molar-refractivity contribution in [1.29, 1.82) is 0 Å². The van der Waals surface area contributed by atoms with Gasteiger partial charge in [-0.1, -0.05) is 38.5 Å². The minimum atomic E-state index is 0.329. The van der Waals surface area contributed by atoms with E-state index in [1.165, 1.54) is 17.7 Å². The summed E-state index contributed by atoms with van der Waals surface area (Å²) in [6, 6.07) is 8.77. The maximum absolute atomic E-state index is 3.48. The summed E-state index contributed by atoms with van der Waals surface area (Å²) >= 11 is 0. The Morgan fingerprint density at radius 2 is 1.78 bits per heavy atom. The van der Waals surface area contributed by atoms with Gasteiger partial charge in [0.25, 0.3) is 0 Å². The summed E-state index contributed by atoms with van der Waals surface area (Å²) in [7, 11) is 2.19. The minimum Gasteiger partial charge on any atom is -0.374 e. The molecule has 0 saturated carbocycles. The van der Waals surface area contributed by atoms with Crippen molar-refractivity contribution in [3.63, 3.8) is 0 Å². The molecule has 2 heteroatoms. The first kappa shape index (κ1) is 15.0. The molecular weight excluding hydrogens is 220 g/mol. The van der Waals surface area contributed by atoms with Gasteiger partial charge in [-0.3, -0.25) is 0 Å². The molecule has 0 radical (unpaired) electrons. The Morgan fingerprint density at radius 1 is 1.17 bits per heavy atom. The average Bonchev–Trinajstić information content (AvgIpc) is 2.37. The topological polar surface area (TPSA) is 15.3 Å². The highest BCUT2D eigenvalue weighted by Gasteiger charge is 2.23. The summed E-state index contributed by atoms with van der Waals surface area (Å²) in [6.45, 7) is 12.1. The van der Waals surface area contributed by atoms with Gasteiger partial charge in [0.1, 0.15) is 0 Å². The van der Waals surface area contributed by atoms with Gasteiger partial charge in [0.15, 0.2) is 0 Å². The third kappa shape index (κ3) is 4.34. The summed E-state index contributed by atoms with van der Waals surface area (Å²) in [6.07, 6.45) is 1.19. The lowest BCUT2D eigenvalue weighted by Crippen LogP contribution is -2.40. The van der Waals surface area contributed by atoms with E-state index in [1.807, 2.05) is 0 Å². The first-order valence-electron chi connectivity index (χ1n) is 6.99. The third-order valence-electron chi connectivity index (χ3n) is 3.75. The van der Waals surface area contributed by atoms with Crippen LogP contribution in [0, 0.1) is 12.3 Å². The first-order chi connectivity index (χ1) is 8.50. The van der Waals surface area contributed by atoms with Crippen LogP contribution < -0.4 is 10.2 Å². The van der Waals surface area contributed by atoms with Crippen LogP contribution in [0.25, 0.3) is 0 Å². The molecule has 0 aliphatic heterocycles. The molecule has 18 heavy (non-hydrogen) atoms. The predicted molar refractivity (Wildman–Crippen MR) is 81.4 cm³/mol. The lowest BCUT2D eigenvalue weighted by atomic mass is 9.86. The molecule has 0 heterocycles. The SMILES string of the molecule is CCNCC(C)(CC)CN(C)c1ccc(C)cc1. The van der Waals surface area contributed by atoms with Crippen molar-refractivity contribution in [3.8, 4) is 0 Å². The molecule has 1 rings (SSSR count). The van der Waals surface area contributed by atoms with Crippen LogP contribution in [0.1, 0.15) is 32.8 Å². The molecule has 1 unspecified atom stereocenters. The number of nitrogens with zero attached hydrogens (tertiary/aromatic N) is 1. The van der Waals surface area contributed by atoms with Gasteiger partial charge in [-0.15, -0.1) is 0 Å². The van der Waals surface area contributed by atoms with Crippen molar-refractivity contribution >= 4 is 5.69 Å². The fourth-order valence-electron chi connectivity index (χ4n) is 2.18. The fraction of sp³-hybridized carbons (Fsp3) is 0.625. The Hall–Kier alpha value is -1.02. The molecule has 0 saturated heterocycles. The molecule has 0 aliphatic rings. The first-order valence-corrected chi connectivity index (χ1v) is 6.99. The van der Waals surface area contributed by atoms with Crippen LogP contribution >= 0.6 is 0 Å². The smallest absolute Gasteiger partial charge is 0.0363 e. The zero-order valence-corrected chi connectivity index (χ0v) is 12.6. The molecule has 0 amide bonds. The summed E-state index contributed by atoms with van der Waals surface area (Å²) in [5.41, 5.74) is 2.95. The highest BCUT2D eigenvalue weighted by molar-refractivity contribution is 5.46. The van der Waals surface area contributed by atoms with E-state index in [1.54, 1.807) is 0 Å². The van der Waals surface area contributed by atoms with Crippen LogP contribution in [-0.2, 0) is 0 Å². The van der Waals surface area contributed by atoms with Gasteiger partial charge in [-0.05, 0) is 37.4 Å². The van der Waals surface area contributed by atoms with Crippen LogP contribution in [0.2, 0.25) is 0 Å². The van der Waals surface area contributed by atoms with Crippen LogP contribution in [-0.4, -0.2) is 26.7 Å². The molecule has 0 bridgehead atoms. The number of benzene rings is 1. The maximum atomic E-state index is 3.48. The molecule has 0 fully saturated rings. The molecular formula is C16H28N2. The maximum Gasteiger partial charge on any atom is 0.0363 e. The molecule has 102 valence electrons. The molecule has 1 aromatic carbocycles. The molecule has 1 aromatic rings. The van der Waals surface area contributed by atoms with Crippen molar-refractivity contribution in [2.24, 2.45) is 5.41 Å². The standard InChI is InChI=1S/C16H28N2/c1-6-16(4,12-17-7-2)13-18(5)15-10-8-14(3)9-11-15/h8-11,17H,6-7,12-13H2,1-5H3. The van der Waals surface area contributed by atoms with E-state index >= 15 is 0 Å². The van der Waals surface area contributed by atoms with E-state index < -0.39 is 0 Å². The monoisotopic (exact) mass is 248 g/mol. The quantitative estimate of drug-likeness (QED) is 0.795. The van der Waals surface area contributed by atoms with Gasteiger partial charge in [0.05, 0.1) is 0 Å². The lowest BCUT2D eigenvalue weighted by Gasteiger charge is -2.34. The third-order valence-corrected chi connectivity index (χ3v) is 3.75. The predicted octanol–water partition coefficient (Wildman–Crippen LogP) is 3.46. The normalized spacial score (nSPS) is 14.3. The molecule has 0 spiro atoms. The lowest BCUT2D eigenvalue weighted by molar-refractivity contribution is 0.302. The Balaban J connectivity index is 2.66. The summed E-state index contributed by atoms with van der Waals surface area (Å²) in [5, 5.41) is 3.48.